The first-order chi connectivity index (χ1) is 9.81. The smallest absolute Gasteiger partial charge is 0.108 e. The van der Waals surface area contributed by atoms with E-state index in [1.165, 1.54) is 11.1 Å². The molecule has 0 aliphatic carbocycles. The minimum absolute atomic E-state index is 0. The Hall–Kier alpha value is -0.870. The van der Waals surface area contributed by atoms with E-state index >= 15 is 0 Å². The number of likely N-dealkylation sites (N-methyl/N-ethyl adjacent to an activating group) is 1. The van der Waals surface area contributed by atoms with Crippen molar-refractivity contribution in [3.63, 3.8) is 0 Å². The van der Waals surface area contributed by atoms with Gasteiger partial charge in [0.2, 0.25) is 0 Å². The van der Waals surface area contributed by atoms with E-state index < -0.39 is 0 Å². The van der Waals surface area contributed by atoms with Crippen molar-refractivity contribution in [2.24, 2.45) is 0 Å². The zero-order chi connectivity index (χ0) is 14.2. The van der Waals surface area contributed by atoms with Crippen molar-refractivity contribution in [3.8, 4) is 0 Å². The molecule has 21 heavy (non-hydrogen) atoms. The fourth-order valence-electron chi connectivity index (χ4n) is 2.03. The number of benzene rings is 2. The number of halogens is 2. The van der Waals surface area contributed by atoms with E-state index in [1.54, 1.807) is 0 Å². The second-order valence-corrected chi connectivity index (χ2v) is 5.27. The predicted molar refractivity (Wildman–Crippen MR) is 94.4 cm³/mol. The van der Waals surface area contributed by atoms with Gasteiger partial charge in [0, 0.05) is 6.54 Å². The van der Waals surface area contributed by atoms with E-state index in [1.807, 2.05) is 12.1 Å². The molecule has 2 nitrogen and oxygen atoms in total. The maximum absolute atomic E-state index is 6.12. The van der Waals surface area contributed by atoms with Gasteiger partial charge in [-0.2, -0.15) is 0 Å². The van der Waals surface area contributed by atoms with Gasteiger partial charge in [-0.05, 0) is 18.2 Å². The zero-order valence-corrected chi connectivity index (χ0v) is 14.5. The Kier molecular flexibility index (Phi) is 8.62. The highest BCUT2D eigenvalue weighted by Crippen LogP contribution is 2.25. The van der Waals surface area contributed by atoms with Crippen molar-refractivity contribution in [2.75, 3.05) is 25.7 Å². The summed E-state index contributed by atoms with van der Waals surface area (Å²) < 4.78 is 6.12. The van der Waals surface area contributed by atoms with Crippen LogP contribution in [0.15, 0.2) is 60.7 Å². The van der Waals surface area contributed by atoms with Gasteiger partial charge in [0.25, 0.3) is 0 Å². The first kappa shape index (κ1) is 18.2. The van der Waals surface area contributed by atoms with E-state index in [0.717, 1.165) is 12.0 Å². The van der Waals surface area contributed by atoms with Crippen molar-refractivity contribution in [3.05, 3.63) is 71.8 Å². The molecule has 0 amide bonds. The highest BCUT2D eigenvalue weighted by Gasteiger charge is 2.14. The van der Waals surface area contributed by atoms with Crippen molar-refractivity contribution < 1.29 is 4.74 Å². The van der Waals surface area contributed by atoms with Crippen LogP contribution in [0.2, 0.25) is 0 Å². The summed E-state index contributed by atoms with van der Waals surface area (Å²) in [6, 6.07) is 20.8. The Balaban J connectivity index is 0.00000220. The molecule has 2 rings (SSSR count). The number of nitrogens with zero attached hydrogens (tertiary/aromatic N) is 1. The van der Waals surface area contributed by atoms with Gasteiger partial charge in [-0.15, -0.1) is 12.4 Å². The van der Waals surface area contributed by atoms with E-state index in [-0.39, 0.29) is 18.5 Å². The molecule has 0 fully saturated rings. The SMILES string of the molecule is CN(CBr)CCOC(c1ccccc1)c1ccccc1.Cl. The van der Waals surface area contributed by atoms with Gasteiger partial charge in [0.15, 0.2) is 0 Å². The Morgan fingerprint density at radius 1 is 0.952 bits per heavy atom. The lowest BCUT2D eigenvalue weighted by Gasteiger charge is -2.21. The number of hydrogen-bond donors (Lipinski definition) is 0. The van der Waals surface area contributed by atoms with Gasteiger partial charge in [-0.1, -0.05) is 76.6 Å². The maximum Gasteiger partial charge on any atom is 0.108 e. The Morgan fingerprint density at radius 2 is 1.43 bits per heavy atom. The summed E-state index contributed by atoms with van der Waals surface area (Å²) in [4.78, 5) is 2.17. The molecular formula is C17H21BrClNO. The summed E-state index contributed by atoms with van der Waals surface area (Å²) in [5.74, 6) is 0. The van der Waals surface area contributed by atoms with Crippen molar-refractivity contribution in [2.45, 2.75) is 6.10 Å². The molecule has 2 aromatic carbocycles. The molecule has 0 aliphatic rings. The molecule has 0 atom stereocenters. The van der Waals surface area contributed by atoms with Crippen LogP contribution in [0, 0.1) is 0 Å². The molecule has 0 saturated heterocycles. The van der Waals surface area contributed by atoms with Crippen molar-refractivity contribution in [1.82, 2.24) is 4.90 Å². The quantitative estimate of drug-likeness (QED) is 0.525. The number of alkyl halides is 1. The van der Waals surface area contributed by atoms with E-state index in [0.29, 0.717) is 6.61 Å². The molecule has 0 aliphatic heterocycles. The number of ether oxygens (including phenoxy) is 1. The van der Waals surface area contributed by atoms with Crippen LogP contribution in [0.1, 0.15) is 17.2 Å². The topological polar surface area (TPSA) is 12.5 Å². The largest absolute Gasteiger partial charge is 0.367 e. The third-order valence-corrected chi connectivity index (χ3v) is 4.02. The highest BCUT2D eigenvalue weighted by atomic mass is 79.9. The lowest BCUT2D eigenvalue weighted by Crippen LogP contribution is -2.22. The molecule has 0 radical (unpaired) electrons. The Morgan fingerprint density at radius 3 is 1.86 bits per heavy atom. The molecule has 0 aromatic heterocycles. The molecule has 0 bridgehead atoms. The average Bonchev–Trinajstić information content (AvgIpc) is 2.53. The van der Waals surface area contributed by atoms with Crippen molar-refractivity contribution in [1.29, 1.82) is 0 Å². The van der Waals surface area contributed by atoms with Crippen LogP contribution >= 0.6 is 28.3 Å². The first-order valence-corrected chi connectivity index (χ1v) is 7.89. The third kappa shape index (κ3) is 5.79. The van der Waals surface area contributed by atoms with Crippen LogP contribution < -0.4 is 0 Å². The van der Waals surface area contributed by atoms with Crippen LogP contribution in [-0.2, 0) is 4.74 Å². The molecule has 0 N–H and O–H groups in total. The molecule has 0 saturated carbocycles. The zero-order valence-electron chi connectivity index (χ0n) is 12.1. The normalized spacial score (nSPS) is 10.7. The van der Waals surface area contributed by atoms with E-state index in [9.17, 15) is 0 Å². The summed E-state index contributed by atoms with van der Waals surface area (Å²) in [7, 11) is 2.07. The average molecular weight is 371 g/mol. The minimum Gasteiger partial charge on any atom is -0.367 e. The molecule has 0 unspecified atom stereocenters. The van der Waals surface area contributed by atoms with Crippen molar-refractivity contribution >= 4 is 28.3 Å². The molecular weight excluding hydrogens is 350 g/mol. The van der Waals surface area contributed by atoms with Crippen LogP contribution in [0.3, 0.4) is 0 Å². The fraction of sp³-hybridized carbons (Fsp3) is 0.294. The van der Waals surface area contributed by atoms with E-state index in [2.05, 4.69) is 76.4 Å². The number of rotatable bonds is 7. The minimum atomic E-state index is 0. The molecule has 0 heterocycles. The van der Waals surface area contributed by atoms with Gasteiger partial charge < -0.3 is 4.74 Å². The fourth-order valence-corrected chi connectivity index (χ4v) is 2.28. The summed E-state index contributed by atoms with van der Waals surface area (Å²) in [6.45, 7) is 1.61. The lowest BCUT2D eigenvalue weighted by molar-refractivity contribution is 0.0680. The summed E-state index contributed by atoms with van der Waals surface area (Å²) in [5.41, 5.74) is 3.25. The van der Waals surface area contributed by atoms with Gasteiger partial charge in [-0.3, -0.25) is 4.90 Å². The Labute approximate surface area is 141 Å². The lowest BCUT2D eigenvalue weighted by atomic mass is 10.0. The predicted octanol–water partition coefficient (Wildman–Crippen LogP) is 4.50. The first-order valence-electron chi connectivity index (χ1n) is 6.77. The highest BCUT2D eigenvalue weighted by molar-refractivity contribution is 9.09. The van der Waals surface area contributed by atoms with Crippen LogP contribution in [0.4, 0.5) is 0 Å². The number of hydrogen-bond acceptors (Lipinski definition) is 2. The van der Waals surface area contributed by atoms with Crippen LogP contribution in [-0.4, -0.2) is 30.6 Å². The second kappa shape index (κ2) is 9.96. The summed E-state index contributed by atoms with van der Waals surface area (Å²) >= 11 is 3.44. The third-order valence-electron chi connectivity index (χ3n) is 3.17. The molecule has 0 spiro atoms. The monoisotopic (exact) mass is 369 g/mol. The standard InChI is InChI=1S/C17H20BrNO.ClH/c1-19(14-18)12-13-20-17(15-8-4-2-5-9-15)16-10-6-3-7-11-16;/h2-11,17H,12-14H2,1H3;1H. The Bertz CT molecular complexity index is 455. The maximum atomic E-state index is 6.12. The van der Waals surface area contributed by atoms with Crippen LogP contribution in [0.5, 0.6) is 0 Å². The van der Waals surface area contributed by atoms with Gasteiger partial charge in [-0.25, -0.2) is 0 Å². The van der Waals surface area contributed by atoms with Gasteiger partial charge in [0.1, 0.15) is 6.10 Å². The van der Waals surface area contributed by atoms with Gasteiger partial charge >= 0.3 is 0 Å². The van der Waals surface area contributed by atoms with Gasteiger partial charge in [0.05, 0.1) is 12.1 Å². The molecule has 2 aromatic rings. The van der Waals surface area contributed by atoms with E-state index in [4.69, 9.17) is 4.74 Å². The second-order valence-electron chi connectivity index (χ2n) is 4.77. The molecule has 4 heteroatoms. The van der Waals surface area contributed by atoms with Crippen LogP contribution in [0.25, 0.3) is 0 Å². The summed E-state index contributed by atoms with van der Waals surface area (Å²) in [6.07, 6.45) is 0.00104. The molecule has 114 valence electrons. The summed E-state index contributed by atoms with van der Waals surface area (Å²) in [5, 5.41) is 0.